The van der Waals surface area contributed by atoms with Gasteiger partial charge in [0.25, 0.3) is 0 Å². The number of nitrogens with one attached hydrogen (secondary N) is 1. The van der Waals surface area contributed by atoms with Gasteiger partial charge in [0.15, 0.2) is 5.96 Å². The van der Waals surface area contributed by atoms with Crippen LogP contribution in [0.2, 0.25) is 0 Å². The van der Waals surface area contributed by atoms with Crippen LogP contribution in [0.1, 0.15) is 26.2 Å². The fourth-order valence-corrected chi connectivity index (χ4v) is 0.671. The van der Waals surface area contributed by atoms with Crippen LogP contribution in [0.4, 0.5) is 0 Å². The summed E-state index contributed by atoms with van der Waals surface area (Å²) < 4.78 is 0. The molecule has 0 aliphatic rings. The smallest absolute Gasteiger partial charge is 0.188 e. The lowest BCUT2D eigenvalue weighted by Gasteiger charge is -2.02. The highest BCUT2D eigenvalue weighted by Crippen LogP contribution is 1.90. The molecule has 3 heteroatoms. The zero-order valence-electron chi connectivity index (χ0n) is 6.85. The van der Waals surface area contributed by atoms with Gasteiger partial charge in [0.2, 0.25) is 0 Å². The van der Waals surface area contributed by atoms with Crippen LogP contribution in [0.3, 0.4) is 0 Å². The van der Waals surface area contributed by atoms with E-state index < -0.39 is 0 Å². The van der Waals surface area contributed by atoms with E-state index in [2.05, 4.69) is 17.2 Å². The second kappa shape index (κ2) is 6.39. The van der Waals surface area contributed by atoms with E-state index in [-0.39, 0.29) is 0 Å². The van der Waals surface area contributed by atoms with Gasteiger partial charge in [-0.15, -0.1) is 0 Å². The molecule has 0 aromatic carbocycles. The van der Waals surface area contributed by atoms with Gasteiger partial charge in [0.1, 0.15) is 0 Å². The van der Waals surface area contributed by atoms with Crippen molar-refractivity contribution in [2.24, 2.45) is 10.7 Å². The monoisotopic (exact) mass is 143 g/mol. The van der Waals surface area contributed by atoms with Crippen molar-refractivity contribution >= 4 is 5.96 Å². The van der Waals surface area contributed by atoms with Crippen molar-refractivity contribution < 1.29 is 0 Å². The van der Waals surface area contributed by atoms with Gasteiger partial charge >= 0.3 is 0 Å². The molecular weight excluding hydrogens is 126 g/mol. The Morgan fingerprint density at radius 2 is 2.20 bits per heavy atom. The number of unbranched alkanes of at least 4 members (excludes halogenated alkanes) is 2. The van der Waals surface area contributed by atoms with E-state index >= 15 is 0 Å². The van der Waals surface area contributed by atoms with E-state index in [1.165, 1.54) is 19.3 Å². The maximum Gasteiger partial charge on any atom is 0.188 e. The zero-order chi connectivity index (χ0) is 7.82. The van der Waals surface area contributed by atoms with Gasteiger partial charge in [-0.05, 0) is 6.42 Å². The maximum absolute atomic E-state index is 5.39. The predicted octanol–water partition coefficient (Wildman–Crippen LogP) is 0.711. The first-order valence-electron chi connectivity index (χ1n) is 3.77. The second-order valence-electron chi connectivity index (χ2n) is 2.24. The molecule has 10 heavy (non-hydrogen) atoms. The van der Waals surface area contributed by atoms with E-state index in [0.29, 0.717) is 5.96 Å². The lowest BCUT2D eigenvalue weighted by Crippen LogP contribution is -2.31. The predicted molar refractivity (Wildman–Crippen MR) is 45.1 cm³/mol. The van der Waals surface area contributed by atoms with Crippen molar-refractivity contribution in [3.05, 3.63) is 0 Å². The fourth-order valence-electron chi connectivity index (χ4n) is 0.671. The first kappa shape index (κ1) is 9.27. The Hall–Kier alpha value is -0.730. The van der Waals surface area contributed by atoms with Crippen molar-refractivity contribution in [2.45, 2.75) is 26.2 Å². The molecule has 0 atom stereocenters. The van der Waals surface area contributed by atoms with Gasteiger partial charge in [0, 0.05) is 13.6 Å². The Labute approximate surface area is 62.7 Å². The van der Waals surface area contributed by atoms with Crippen LogP contribution in [0.15, 0.2) is 4.99 Å². The summed E-state index contributed by atoms with van der Waals surface area (Å²) in [6.07, 6.45) is 3.67. The van der Waals surface area contributed by atoms with Crippen molar-refractivity contribution in [2.75, 3.05) is 13.6 Å². The summed E-state index contributed by atoms with van der Waals surface area (Å²) in [6.45, 7) is 3.12. The summed E-state index contributed by atoms with van der Waals surface area (Å²) in [5.74, 6) is 0.538. The Balaban J connectivity index is 3.04. The third-order valence-corrected chi connectivity index (χ3v) is 1.33. The van der Waals surface area contributed by atoms with Crippen molar-refractivity contribution in [3.63, 3.8) is 0 Å². The topological polar surface area (TPSA) is 50.4 Å². The lowest BCUT2D eigenvalue weighted by atomic mass is 10.2. The van der Waals surface area contributed by atoms with E-state index in [1.54, 1.807) is 7.05 Å². The maximum atomic E-state index is 5.39. The van der Waals surface area contributed by atoms with E-state index in [4.69, 9.17) is 5.73 Å². The molecule has 0 radical (unpaired) electrons. The molecule has 0 unspecified atom stereocenters. The highest BCUT2D eigenvalue weighted by Gasteiger charge is 1.87. The van der Waals surface area contributed by atoms with Crippen LogP contribution < -0.4 is 11.1 Å². The Morgan fingerprint density at radius 1 is 1.50 bits per heavy atom. The lowest BCUT2D eigenvalue weighted by molar-refractivity contribution is 0.693. The molecule has 0 aliphatic carbocycles. The molecule has 3 nitrogen and oxygen atoms in total. The zero-order valence-corrected chi connectivity index (χ0v) is 6.85. The number of nitrogens with two attached hydrogens (primary N) is 1. The van der Waals surface area contributed by atoms with Crippen LogP contribution in [0.25, 0.3) is 0 Å². The molecule has 0 saturated carbocycles. The van der Waals surface area contributed by atoms with Crippen LogP contribution in [-0.4, -0.2) is 19.6 Å². The summed E-state index contributed by atoms with van der Waals surface area (Å²) in [5, 5.41) is 2.99. The molecule has 0 saturated heterocycles. The first-order chi connectivity index (χ1) is 4.81. The average molecular weight is 143 g/mol. The minimum atomic E-state index is 0.538. The van der Waals surface area contributed by atoms with E-state index in [9.17, 15) is 0 Å². The van der Waals surface area contributed by atoms with Gasteiger partial charge in [-0.2, -0.15) is 0 Å². The number of aliphatic imine (C=N–C) groups is 1. The average Bonchev–Trinajstić information content (AvgIpc) is 1.98. The number of guanidine groups is 1. The summed E-state index contributed by atoms with van der Waals surface area (Å²) in [4.78, 5) is 3.77. The number of hydrogen-bond acceptors (Lipinski definition) is 1. The van der Waals surface area contributed by atoms with Gasteiger partial charge in [0.05, 0.1) is 0 Å². The molecule has 0 spiro atoms. The van der Waals surface area contributed by atoms with Crippen molar-refractivity contribution in [3.8, 4) is 0 Å². The molecule has 0 rings (SSSR count). The molecule has 0 fully saturated rings. The minimum Gasteiger partial charge on any atom is -0.370 e. The van der Waals surface area contributed by atoms with Gasteiger partial charge < -0.3 is 11.1 Å². The fraction of sp³-hybridized carbons (Fsp3) is 0.857. The van der Waals surface area contributed by atoms with Crippen LogP contribution in [0.5, 0.6) is 0 Å². The number of rotatable bonds is 4. The SMILES string of the molecule is CCCCCN/C(N)=N/C. The standard InChI is InChI=1S/C7H17N3/c1-3-4-5-6-10-7(8)9-2/h3-6H2,1-2H3,(H3,8,9,10). The third-order valence-electron chi connectivity index (χ3n) is 1.33. The number of hydrogen-bond donors (Lipinski definition) is 2. The summed E-state index contributed by atoms with van der Waals surface area (Å²) in [7, 11) is 1.68. The number of nitrogens with zero attached hydrogens (tertiary/aromatic N) is 1. The van der Waals surface area contributed by atoms with E-state index in [1.807, 2.05) is 0 Å². The quantitative estimate of drug-likeness (QED) is 0.346. The Morgan fingerprint density at radius 3 is 2.70 bits per heavy atom. The van der Waals surface area contributed by atoms with Gasteiger partial charge in [-0.3, -0.25) is 4.99 Å². The Kier molecular flexibility index (Phi) is 5.92. The van der Waals surface area contributed by atoms with E-state index in [0.717, 1.165) is 6.54 Å². The van der Waals surface area contributed by atoms with Gasteiger partial charge in [-0.1, -0.05) is 19.8 Å². The second-order valence-corrected chi connectivity index (χ2v) is 2.24. The Bertz CT molecular complexity index is 99.0. The first-order valence-corrected chi connectivity index (χ1v) is 3.77. The molecule has 0 aliphatic heterocycles. The van der Waals surface area contributed by atoms with Crippen molar-refractivity contribution in [1.82, 2.24) is 5.32 Å². The van der Waals surface area contributed by atoms with Crippen LogP contribution >= 0.6 is 0 Å². The molecule has 0 aromatic heterocycles. The van der Waals surface area contributed by atoms with Crippen molar-refractivity contribution in [1.29, 1.82) is 0 Å². The third kappa shape index (κ3) is 5.41. The molecule has 60 valence electrons. The van der Waals surface area contributed by atoms with Crippen LogP contribution in [-0.2, 0) is 0 Å². The molecule has 3 N–H and O–H groups in total. The largest absolute Gasteiger partial charge is 0.370 e. The molecule has 0 aromatic rings. The molecule has 0 amide bonds. The van der Waals surface area contributed by atoms with Gasteiger partial charge in [-0.25, -0.2) is 0 Å². The summed E-state index contributed by atoms with van der Waals surface area (Å²) in [5.41, 5.74) is 5.39. The summed E-state index contributed by atoms with van der Waals surface area (Å²) >= 11 is 0. The molecule has 0 bridgehead atoms. The normalized spacial score (nSPS) is 11.6. The summed E-state index contributed by atoms with van der Waals surface area (Å²) in [6, 6.07) is 0. The highest BCUT2D eigenvalue weighted by molar-refractivity contribution is 5.77. The van der Waals surface area contributed by atoms with Crippen LogP contribution in [0, 0.1) is 0 Å². The molecular formula is C7H17N3. The minimum absolute atomic E-state index is 0.538. The highest BCUT2D eigenvalue weighted by atomic mass is 15.1. The molecule has 0 heterocycles.